The van der Waals surface area contributed by atoms with E-state index in [1.807, 2.05) is 6.92 Å². The number of aliphatic imine (C=N–C) groups is 1. The van der Waals surface area contributed by atoms with Crippen LogP contribution in [0.2, 0.25) is 0 Å². The van der Waals surface area contributed by atoms with E-state index in [0.717, 1.165) is 0 Å². The zero-order valence-corrected chi connectivity index (χ0v) is 9.72. The lowest BCUT2D eigenvalue weighted by Gasteiger charge is -2.08. The van der Waals surface area contributed by atoms with Gasteiger partial charge in [-0.05, 0) is 24.6 Å². The van der Waals surface area contributed by atoms with Crippen molar-refractivity contribution in [1.29, 1.82) is 0 Å². The first-order valence-corrected chi connectivity index (χ1v) is 4.92. The van der Waals surface area contributed by atoms with E-state index in [1.54, 1.807) is 18.3 Å². The molecule has 5 nitrogen and oxygen atoms in total. The molecule has 1 rings (SSSR count). The van der Waals surface area contributed by atoms with Crippen molar-refractivity contribution in [1.82, 2.24) is 14.9 Å². The molecule has 0 atom stereocenters. The number of allylic oxidation sites excluding steroid dienone is 1. The molecule has 6 heteroatoms. The number of carbonyl (C=O) groups excluding carboxylic acids is 1. The molecule has 1 aromatic heterocycles. The van der Waals surface area contributed by atoms with Gasteiger partial charge in [0, 0.05) is 13.2 Å². The predicted molar refractivity (Wildman–Crippen MR) is 62.8 cm³/mol. The van der Waals surface area contributed by atoms with Crippen molar-refractivity contribution in [2.45, 2.75) is 6.92 Å². The van der Waals surface area contributed by atoms with Crippen molar-refractivity contribution in [2.75, 3.05) is 7.05 Å². The number of hydrogen-bond donors (Lipinski definition) is 0. The molecule has 0 saturated heterocycles. The standard InChI is InChI=1S/C10H11ClN4O/c1-3-8(9-4-5-12-6-13-9)14-10(11)15(2)7-16/h3-7H,1-2H3/b8-3-,14-10-. The lowest BCUT2D eigenvalue weighted by atomic mass is 10.3. The van der Waals surface area contributed by atoms with Gasteiger partial charge in [0.25, 0.3) is 0 Å². The van der Waals surface area contributed by atoms with E-state index in [-0.39, 0.29) is 5.29 Å². The van der Waals surface area contributed by atoms with Crippen molar-refractivity contribution in [2.24, 2.45) is 4.99 Å². The van der Waals surface area contributed by atoms with Gasteiger partial charge in [-0.25, -0.2) is 15.0 Å². The van der Waals surface area contributed by atoms with Crippen LogP contribution in [-0.2, 0) is 4.79 Å². The largest absolute Gasteiger partial charge is 0.293 e. The Kier molecular flexibility index (Phi) is 4.60. The van der Waals surface area contributed by atoms with Gasteiger partial charge in [-0.2, -0.15) is 0 Å². The number of halogens is 1. The SMILES string of the molecule is C/C=C(\N=C(\Cl)N(C)C=O)c1ccncn1. The normalized spacial score (nSPS) is 12.4. The molecule has 0 aliphatic heterocycles. The second kappa shape index (κ2) is 5.97. The Labute approximate surface area is 98.5 Å². The van der Waals surface area contributed by atoms with Gasteiger partial charge < -0.3 is 0 Å². The third-order valence-electron chi connectivity index (χ3n) is 1.78. The summed E-state index contributed by atoms with van der Waals surface area (Å²) in [5.41, 5.74) is 1.23. The zero-order chi connectivity index (χ0) is 12.0. The number of amides is 1. The molecule has 0 unspecified atom stereocenters. The van der Waals surface area contributed by atoms with Gasteiger partial charge in [0.05, 0.1) is 11.4 Å². The average molecular weight is 239 g/mol. The van der Waals surface area contributed by atoms with E-state index in [1.165, 1.54) is 18.3 Å². The summed E-state index contributed by atoms with van der Waals surface area (Å²) in [4.78, 5) is 23.6. The summed E-state index contributed by atoms with van der Waals surface area (Å²) in [5, 5.41) is 0.0849. The fourth-order valence-corrected chi connectivity index (χ4v) is 1.06. The highest BCUT2D eigenvalue weighted by atomic mass is 35.5. The van der Waals surface area contributed by atoms with Crippen molar-refractivity contribution < 1.29 is 4.79 Å². The number of rotatable bonds is 3. The average Bonchev–Trinajstić information content (AvgIpc) is 2.35. The van der Waals surface area contributed by atoms with Crippen LogP contribution in [0.4, 0.5) is 0 Å². The summed E-state index contributed by atoms with van der Waals surface area (Å²) < 4.78 is 0. The van der Waals surface area contributed by atoms with Gasteiger partial charge in [-0.3, -0.25) is 9.69 Å². The van der Waals surface area contributed by atoms with E-state index < -0.39 is 0 Å². The Hall–Kier alpha value is -1.75. The second-order valence-corrected chi connectivity index (χ2v) is 3.20. The number of hydrogen-bond acceptors (Lipinski definition) is 4. The topological polar surface area (TPSA) is 58.5 Å². The van der Waals surface area contributed by atoms with Gasteiger partial charge in [0.2, 0.25) is 11.7 Å². The highest BCUT2D eigenvalue weighted by Crippen LogP contribution is 2.13. The summed E-state index contributed by atoms with van der Waals surface area (Å²) in [6, 6.07) is 1.71. The van der Waals surface area contributed by atoms with Crippen molar-refractivity contribution in [3.05, 3.63) is 30.4 Å². The molecular weight excluding hydrogens is 228 g/mol. The lowest BCUT2D eigenvalue weighted by Crippen LogP contribution is -2.20. The summed E-state index contributed by atoms with van der Waals surface area (Å²) in [6.07, 6.45) is 5.37. The lowest BCUT2D eigenvalue weighted by molar-refractivity contribution is -0.113. The van der Waals surface area contributed by atoms with E-state index in [2.05, 4.69) is 15.0 Å². The van der Waals surface area contributed by atoms with Gasteiger partial charge in [-0.15, -0.1) is 0 Å². The van der Waals surface area contributed by atoms with Crippen molar-refractivity contribution >= 4 is 29.0 Å². The molecule has 1 heterocycles. The second-order valence-electron chi connectivity index (χ2n) is 2.87. The molecule has 0 saturated carbocycles. The minimum atomic E-state index is 0.0849. The van der Waals surface area contributed by atoms with Gasteiger partial charge >= 0.3 is 0 Å². The quantitative estimate of drug-likeness (QED) is 0.347. The maximum atomic E-state index is 10.5. The summed E-state index contributed by atoms with van der Waals surface area (Å²) in [6.45, 7) is 1.81. The van der Waals surface area contributed by atoms with Crippen LogP contribution in [0, 0.1) is 0 Å². The van der Waals surface area contributed by atoms with Crippen molar-refractivity contribution in [3.8, 4) is 0 Å². The first kappa shape index (κ1) is 12.3. The first-order chi connectivity index (χ1) is 7.69. The Morgan fingerprint density at radius 2 is 2.38 bits per heavy atom. The van der Waals surface area contributed by atoms with Crippen LogP contribution < -0.4 is 0 Å². The van der Waals surface area contributed by atoms with Crippen LogP contribution in [0.1, 0.15) is 12.6 Å². The molecule has 0 spiro atoms. The monoisotopic (exact) mass is 238 g/mol. The van der Waals surface area contributed by atoms with Crippen LogP contribution in [0.3, 0.4) is 0 Å². The number of aromatic nitrogens is 2. The molecule has 0 bridgehead atoms. The highest BCUT2D eigenvalue weighted by molar-refractivity contribution is 6.65. The fourth-order valence-electron chi connectivity index (χ4n) is 0.934. The molecule has 1 aromatic rings. The Morgan fingerprint density at radius 1 is 1.62 bits per heavy atom. The maximum Gasteiger partial charge on any atom is 0.215 e. The number of amidine groups is 1. The highest BCUT2D eigenvalue weighted by Gasteiger charge is 2.05. The van der Waals surface area contributed by atoms with Gasteiger partial charge in [-0.1, -0.05) is 6.08 Å². The molecule has 0 aliphatic rings. The number of nitrogens with zero attached hydrogens (tertiary/aromatic N) is 4. The predicted octanol–water partition coefficient (Wildman–Crippen LogP) is 1.52. The van der Waals surface area contributed by atoms with Crippen LogP contribution in [0.25, 0.3) is 5.70 Å². The minimum absolute atomic E-state index is 0.0849. The molecule has 0 aromatic carbocycles. The minimum Gasteiger partial charge on any atom is -0.293 e. The molecule has 0 fully saturated rings. The van der Waals surface area contributed by atoms with Gasteiger partial charge in [0.1, 0.15) is 6.33 Å². The summed E-state index contributed by atoms with van der Waals surface area (Å²) in [5.74, 6) is 0. The molecule has 84 valence electrons. The Balaban J connectivity index is 2.99. The Bertz CT molecular complexity index is 416. The van der Waals surface area contributed by atoms with Crippen LogP contribution in [0.5, 0.6) is 0 Å². The molecule has 0 N–H and O–H groups in total. The molecule has 0 aliphatic carbocycles. The molecule has 1 amide bonds. The summed E-state index contributed by atoms with van der Waals surface area (Å²) >= 11 is 5.82. The molecule has 0 radical (unpaired) electrons. The number of carbonyl (C=O) groups is 1. The van der Waals surface area contributed by atoms with Crippen molar-refractivity contribution in [3.63, 3.8) is 0 Å². The maximum absolute atomic E-state index is 10.5. The third kappa shape index (κ3) is 3.13. The molecular formula is C10H11ClN4O. The van der Waals surface area contributed by atoms with E-state index >= 15 is 0 Å². The first-order valence-electron chi connectivity index (χ1n) is 4.54. The van der Waals surface area contributed by atoms with Crippen LogP contribution in [0.15, 0.2) is 29.7 Å². The molecule has 16 heavy (non-hydrogen) atoms. The van der Waals surface area contributed by atoms with Gasteiger partial charge in [0.15, 0.2) is 0 Å². The Morgan fingerprint density at radius 3 is 2.88 bits per heavy atom. The van der Waals surface area contributed by atoms with Crippen LogP contribution in [-0.4, -0.2) is 33.6 Å². The smallest absolute Gasteiger partial charge is 0.215 e. The fraction of sp³-hybridized carbons (Fsp3) is 0.200. The summed E-state index contributed by atoms with van der Waals surface area (Å²) in [7, 11) is 1.52. The zero-order valence-electron chi connectivity index (χ0n) is 8.96. The third-order valence-corrected chi connectivity index (χ3v) is 2.13. The van der Waals surface area contributed by atoms with E-state index in [4.69, 9.17) is 11.6 Å². The van der Waals surface area contributed by atoms with E-state index in [0.29, 0.717) is 17.8 Å². The van der Waals surface area contributed by atoms with Crippen LogP contribution >= 0.6 is 11.6 Å². The van der Waals surface area contributed by atoms with E-state index in [9.17, 15) is 4.79 Å².